The highest BCUT2D eigenvalue weighted by Crippen LogP contribution is 2.20. The lowest BCUT2D eigenvalue weighted by atomic mass is 10.3. The van der Waals surface area contributed by atoms with Gasteiger partial charge in [0.25, 0.3) is 0 Å². The molecule has 8 heteroatoms. The van der Waals surface area contributed by atoms with Crippen molar-refractivity contribution in [1.29, 1.82) is 0 Å². The van der Waals surface area contributed by atoms with Gasteiger partial charge in [0.05, 0.1) is 5.75 Å². The Labute approximate surface area is 143 Å². The van der Waals surface area contributed by atoms with E-state index in [0.29, 0.717) is 22.7 Å². The van der Waals surface area contributed by atoms with Gasteiger partial charge < -0.3 is 9.73 Å². The van der Waals surface area contributed by atoms with Crippen molar-refractivity contribution in [3.8, 4) is 0 Å². The van der Waals surface area contributed by atoms with Gasteiger partial charge in [-0.3, -0.25) is 4.79 Å². The normalized spacial score (nSPS) is 11.6. The van der Waals surface area contributed by atoms with Crippen molar-refractivity contribution in [3.63, 3.8) is 0 Å². The highest BCUT2D eigenvalue weighted by atomic mass is 32.2. The van der Waals surface area contributed by atoms with Crippen LogP contribution in [0.25, 0.3) is 11.1 Å². The zero-order valence-corrected chi connectivity index (χ0v) is 14.1. The lowest BCUT2D eigenvalue weighted by Gasteiger charge is -2.07. The largest absolute Gasteiger partial charge is 0.441 e. The van der Waals surface area contributed by atoms with Crippen LogP contribution < -0.4 is 5.32 Å². The summed E-state index contributed by atoms with van der Waals surface area (Å²) >= 11 is 0. The predicted octanol–water partition coefficient (Wildman–Crippen LogP) is 3.08. The molecule has 0 bridgehead atoms. The second-order valence-corrected chi connectivity index (χ2v) is 7.54. The van der Waals surface area contributed by atoms with E-state index in [0.717, 1.165) is 6.07 Å². The summed E-state index contributed by atoms with van der Waals surface area (Å²) < 4.78 is 43.2. The fraction of sp³-hybridized carbons (Fsp3) is 0.176. The number of halogens is 1. The van der Waals surface area contributed by atoms with Crippen LogP contribution in [0.2, 0.25) is 0 Å². The summed E-state index contributed by atoms with van der Waals surface area (Å²) in [5, 5.41) is 2.60. The summed E-state index contributed by atoms with van der Waals surface area (Å²) in [4.78, 5) is 15.8. The summed E-state index contributed by atoms with van der Waals surface area (Å²) in [7, 11) is -3.87. The summed E-state index contributed by atoms with van der Waals surface area (Å²) in [5.41, 5.74) is 1.67. The molecule has 25 heavy (non-hydrogen) atoms. The number of sulfone groups is 1. The van der Waals surface area contributed by atoms with Crippen LogP contribution in [0.3, 0.4) is 0 Å². The van der Waals surface area contributed by atoms with E-state index in [4.69, 9.17) is 4.42 Å². The molecule has 0 aliphatic rings. The van der Waals surface area contributed by atoms with Crippen LogP contribution in [0.1, 0.15) is 12.3 Å². The van der Waals surface area contributed by atoms with Gasteiger partial charge in [0, 0.05) is 19.0 Å². The lowest BCUT2D eigenvalue weighted by molar-refractivity contribution is -0.115. The summed E-state index contributed by atoms with van der Waals surface area (Å²) in [5.74, 6) is -1.28. The van der Waals surface area contributed by atoms with Gasteiger partial charge in [-0.25, -0.2) is 17.8 Å². The fourth-order valence-corrected chi connectivity index (χ4v) is 3.70. The van der Waals surface area contributed by atoms with Crippen LogP contribution in [0, 0.1) is 12.7 Å². The number of nitrogens with one attached hydrogen (secondary N) is 1. The molecule has 0 saturated heterocycles. The van der Waals surface area contributed by atoms with Crippen molar-refractivity contribution in [2.24, 2.45) is 0 Å². The number of benzene rings is 2. The number of nitrogens with zero attached hydrogens (tertiary/aromatic N) is 1. The smallest absolute Gasteiger partial charge is 0.225 e. The zero-order valence-electron chi connectivity index (χ0n) is 13.3. The first-order valence-electron chi connectivity index (χ1n) is 7.49. The van der Waals surface area contributed by atoms with Crippen molar-refractivity contribution < 1.29 is 22.0 Å². The number of amides is 1. The highest BCUT2D eigenvalue weighted by molar-refractivity contribution is 7.91. The standard InChI is InChI=1S/C17H15FN2O4S/c1-11-19-14-10-12(6-7-15(14)24-11)20-17(21)8-9-25(22,23)16-5-3-2-4-13(16)18/h2-7,10H,8-9H2,1H3,(H,20,21). The average molecular weight is 362 g/mol. The van der Waals surface area contributed by atoms with E-state index in [2.05, 4.69) is 10.3 Å². The maximum atomic E-state index is 13.6. The van der Waals surface area contributed by atoms with E-state index in [1.165, 1.54) is 18.2 Å². The predicted molar refractivity (Wildman–Crippen MR) is 90.4 cm³/mol. The maximum absolute atomic E-state index is 13.6. The number of anilines is 1. The Morgan fingerprint density at radius 2 is 2.00 bits per heavy atom. The Kier molecular flexibility index (Phi) is 4.54. The Balaban J connectivity index is 1.66. The molecule has 2 aromatic carbocycles. The molecule has 1 heterocycles. The quantitative estimate of drug-likeness (QED) is 0.753. The first kappa shape index (κ1) is 17.1. The topological polar surface area (TPSA) is 89.3 Å². The molecule has 6 nitrogen and oxygen atoms in total. The Bertz CT molecular complexity index is 1040. The fourth-order valence-electron chi connectivity index (χ4n) is 2.38. The molecule has 0 fully saturated rings. The number of aryl methyl sites for hydroxylation is 1. The molecule has 130 valence electrons. The molecule has 0 aliphatic heterocycles. The van der Waals surface area contributed by atoms with E-state index >= 15 is 0 Å². The molecule has 0 radical (unpaired) electrons. The SMILES string of the molecule is Cc1nc2cc(NC(=O)CCS(=O)(=O)c3ccccc3F)ccc2o1. The van der Waals surface area contributed by atoms with Crippen molar-refractivity contribution in [2.45, 2.75) is 18.2 Å². The third kappa shape index (κ3) is 3.85. The molecular weight excluding hydrogens is 347 g/mol. The minimum Gasteiger partial charge on any atom is -0.441 e. The Hall–Kier alpha value is -2.74. The van der Waals surface area contributed by atoms with Crippen LogP contribution in [0.5, 0.6) is 0 Å². The first-order valence-corrected chi connectivity index (χ1v) is 9.15. The van der Waals surface area contributed by atoms with Crippen molar-refractivity contribution in [3.05, 3.63) is 54.2 Å². The van der Waals surface area contributed by atoms with Crippen LogP contribution in [-0.2, 0) is 14.6 Å². The molecule has 0 atom stereocenters. The van der Waals surface area contributed by atoms with Crippen LogP contribution in [0.4, 0.5) is 10.1 Å². The number of fused-ring (bicyclic) bond motifs is 1. The van der Waals surface area contributed by atoms with E-state index in [-0.39, 0.29) is 6.42 Å². The second-order valence-electron chi connectivity index (χ2n) is 5.46. The minimum absolute atomic E-state index is 0.285. The van der Waals surface area contributed by atoms with Gasteiger partial charge in [0.15, 0.2) is 21.3 Å². The molecule has 1 N–H and O–H groups in total. The number of carbonyl (C=O) groups is 1. The maximum Gasteiger partial charge on any atom is 0.225 e. The van der Waals surface area contributed by atoms with Crippen LogP contribution in [0.15, 0.2) is 51.8 Å². The molecule has 1 aromatic heterocycles. The van der Waals surface area contributed by atoms with Crippen molar-refractivity contribution >= 4 is 32.5 Å². The molecule has 0 spiro atoms. The highest BCUT2D eigenvalue weighted by Gasteiger charge is 2.20. The number of aromatic nitrogens is 1. The number of hydrogen-bond acceptors (Lipinski definition) is 5. The monoisotopic (exact) mass is 362 g/mol. The molecular formula is C17H15FN2O4S. The van der Waals surface area contributed by atoms with Gasteiger partial charge in [-0.1, -0.05) is 12.1 Å². The van der Waals surface area contributed by atoms with Crippen LogP contribution in [-0.4, -0.2) is 25.1 Å². The van der Waals surface area contributed by atoms with Crippen molar-refractivity contribution in [1.82, 2.24) is 4.98 Å². The van der Waals surface area contributed by atoms with Gasteiger partial charge in [0.2, 0.25) is 5.91 Å². The molecule has 3 aromatic rings. The molecule has 3 rings (SSSR count). The third-order valence-corrected chi connectivity index (χ3v) is 5.29. The van der Waals surface area contributed by atoms with E-state index in [1.807, 2.05) is 0 Å². The van der Waals surface area contributed by atoms with Gasteiger partial charge in [0.1, 0.15) is 16.2 Å². The van der Waals surface area contributed by atoms with Crippen LogP contribution >= 0.6 is 0 Å². The summed E-state index contributed by atoms with van der Waals surface area (Å²) in [6.45, 7) is 1.71. The number of rotatable bonds is 5. The molecule has 0 unspecified atom stereocenters. The van der Waals surface area contributed by atoms with Gasteiger partial charge in [-0.15, -0.1) is 0 Å². The number of oxazole rings is 1. The van der Waals surface area contributed by atoms with E-state index in [9.17, 15) is 17.6 Å². The third-order valence-electron chi connectivity index (χ3n) is 3.55. The van der Waals surface area contributed by atoms with Gasteiger partial charge in [-0.05, 0) is 30.3 Å². The summed E-state index contributed by atoms with van der Waals surface area (Å²) in [6, 6.07) is 10.0. The lowest BCUT2D eigenvalue weighted by Crippen LogP contribution is -2.18. The zero-order chi connectivity index (χ0) is 18.0. The summed E-state index contributed by atoms with van der Waals surface area (Å²) in [6.07, 6.45) is -0.285. The number of hydrogen-bond donors (Lipinski definition) is 1. The van der Waals surface area contributed by atoms with Crippen molar-refractivity contribution in [2.75, 3.05) is 11.1 Å². The average Bonchev–Trinajstić information content (AvgIpc) is 2.92. The van der Waals surface area contributed by atoms with E-state index in [1.54, 1.807) is 25.1 Å². The Morgan fingerprint density at radius 3 is 2.76 bits per heavy atom. The first-order chi connectivity index (χ1) is 11.8. The molecule has 0 saturated carbocycles. The molecule has 0 aliphatic carbocycles. The second kappa shape index (κ2) is 6.64. The van der Waals surface area contributed by atoms with Gasteiger partial charge >= 0.3 is 0 Å². The number of carbonyl (C=O) groups excluding carboxylic acids is 1. The Morgan fingerprint density at radius 1 is 1.24 bits per heavy atom. The van der Waals surface area contributed by atoms with Gasteiger partial charge in [-0.2, -0.15) is 0 Å². The minimum atomic E-state index is -3.87. The van der Waals surface area contributed by atoms with E-state index < -0.39 is 32.2 Å². The molecule has 1 amide bonds.